The number of hydrogen-bond donors (Lipinski definition) is 0. The van der Waals surface area contributed by atoms with Crippen molar-refractivity contribution in [2.45, 2.75) is 92.4 Å². The van der Waals surface area contributed by atoms with E-state index >= 15 is 0 Å². The Hall–Kier alpha value is -2.86. The van der Waals surface area contributed by atoms with Crippen molar-refractivity contribution in [1.82, 2.24) is 0 Å². The molecule has 0 N–H and O–H groups in total. The van der Waals surface area contributed by atoms with Crippen LogP contribution < -0.4 is 0 Å². The predicted octanol–water partition coefficient (Wildman–Crippen LogP) is 15.0. The Bertz CT molecular complexity index is 2020. The number of fused-ring (bicyclic) bond motifs is 3. The van der Waals surface area contributed by atoms with Gasteiger partial charge in [0.15, 0.2) is 0 Å². The molecule has 0 spiro atoms. The van der Waals surface area contributed by atoms with Crippen molar-refractivity contribution in [2.24, 2.45) is 11.3 Å². The SMILES string of the molecule is CC(C)(C)c1ccc2c(c1)[cH-]c1cc(C(C)(C)C)ccc12.CC1=CC(C(C)(C)C)[C-]=C1.Cl.Cl.FC(F)(F)c1cccc([C](=[Zr+2])c2cccc(C(F)(F)F)c2)c1. The van der Waals surface area contributed by atoms with Gasteiger partial charge < -0.3 is 0 Å². The van der Waals surface area contributed by atoms with Gasteiger partial charge in [-0.25, -0.2) is 11.6 Å². The average Bonchev–Trinajstić information content (AvgIpc) is 3.66. The summed E-state index contributed by atoms with van der Waals surface area (Å²) in [4.78, 5) is 0. The van der Waals surface area contributed by atoms with E-state index in [1.807, 2.05) is 0 Å². The molecule has 55 heavy (non-hydrogen) atoms. The van der Waals surface area contributed by atoms with Gasteiger partial charge in [0, 0.05) is 0 Å². The summed E-state index contributed by atoms with van der Waals surface area (Å²) in [5.41, 5.74) is 3.80. The van der Waals surface area contributed by atoms with Crippen molar-refractivity contribution >= 4 is 49.6 Å². The Morgan fingerprint density at radius 3 is 1.27 bits per heavy atom. The number of alkyl halides is 6. The molecule has 0 saturated carbocycles. The van der Waals surface area contributed by atoms with Crippen LogP contribution in [0.1, 0.15) is 103 Å². The Morgan fingerprint density at radius 1 is 0.582 bits per heavy atom. The molecule has 6 rings (SSSR count). The zero-order valence-corrected chi connectivity index (χ0v) is 37.1. The topological polar surface area (TPSA) is 0 Å². The van der Waals surface area contributed by atoms with Crippen LogP contribution in [-0.4, -0.2) is 3.21 Å². The van der Waals surface area contributed by atoms with E-state index in [9.17, 15) is 26.3 Å². The van der Waals surface area contributed by atoms with Crippen LogP contribution in [0.4, 0.5) is 26.3 Å². The minimum absolute atomic E-state index is 0. The Kier molecular flexibility index (Phi) is 15.9. The summed E-state index contributed by atoms with van der Waals surface area (Å²) in [5.74, 6) is 0.521. The molecule has 0 saturated heterocycles. The third-order valence-electron chi connectivity index (χ3n) is 9.25. The molecule has 1 aliphatic rings. The van der Waals surface area contributed by atoms with Gasteiger partial charge >= 0.3 is 137 Å². The van der Waals surface area contributed by atoms with Crippen molar-refractivity contribution < 1.29 is 50.6 Å². The van der Waals surface area contributed by atoms with Crippen molar-refractivity contribution in [3.05, 3.63) is 148 Å². The maximum absolute atomic E-state index is 12.7. The summed E-state index contributed by atoms with van der Waals surface area (Å²) in [6.07, 6.45) is -1.29. The number of allylic oxidation sites excluding steroid dienone is 4. The van der Waals surface area contributed by atoms with Crippen LogP contribution in [-0.2, 0) is 47.4 Å². The quantitative estimate of drug-likeness (QED) is 0.122. The number of halogens is 8. The van der Waals surface area contributed by atoms with Crippen molar-refractivity contribution in [3.8, 4) is 0 Å². The fourth-order valence-electron chi connectivity index (χ4n) is 5.90. The molecular formula is C46H50Cl2F6Zr. The molecule has 0 heterocycles. The molecule has 0 nitrogen and oxygen atoms in total. The van der Waals surface area contributed by atoms with Gasteiger partial charge in [-0.3, -0.25) is 6.08 Å². The summed E-state index contributed by atoms with van der Waals surface area (Å²) in [6.45, 7) is 22.5. The van der Waals surface area contributed by atoms with E-state index < -0.39 is 23.5 Å². The van der Waals surface area contributed by atoms with E-state index in [2.05, 4.69) is 130 Å². The molecule has 294 valence electrons. The van der Waals surface area contributed by atoms with Gasteiger partial charge in [0.05, 0.1) is 0 Å². The van der Waals surface area contributed by atoms with Crippen molar-refractivity contribution in [1.29, 1.82) is 0 Å². The van der Waals surface area contributed by atoms with E-state index in [1.54, 1.807) is 0 Å². The Labute approximate surface area is 350 Å². The molecule has 0 fully saturated rings. The summed E-state index contributed by atoms with van der Waals surface area (Å²) >= 11 is 0.729. The van der Waals surface area contributed by atoms with Gasteiger partial charge in [0.2, 0.25) is 0 Å². The van der Waals surface area contributed by atoms with Crippen LogP contribution >= 0.6 is 24.8 Å². The molecule has 0 aliphatic heterocycles. The summed E-state index contributed by atoms with van der Waals surface area (Å²) in [6, 6.07) is 25.3. The number of hydrogen-bond acceptors (Lipinski definition) is 0. The molecule has 1 aliphatic carbocycles. The third-order valence-corrected chi connectivity index (χ3v) is 10.7. The van der Waals surface area contributed by atoms with E-state index in [4.69, 9.17) is 0 Å². The van der Waals surface area contributed by atoms with Gasteiger partial charge in [-0.15, -0.1) is 71.5 Å². The predicted molar refractivity (Wildman–Crippen MR) is 220 cm³/mol. The molecule has 0 amide bonds. The van der Waals surface area contributed by atoms with E-state index in [0.29, 0.717) is 14.5 Å². The van der Waals surface area contributed by atoms with Gasteiger partial charge in [-0.2, -0.15) is 6.08 Å². The van der Waals surface area contributed by atoms with Crippen molar-refractivity contribution in [2.75, 3.05) is 0 Å². The molecule has 0 bridgehead atoms. The average molecular weight is 879 g/mol. The zero-order chi connectivity index (χ0) is 39.7. The van der Waals surface area contributed by atoms with Crippen molar-refractivity contribution in [3.63, 3.8) is 0 Å². The summed E-state index contributed by atoms with van der Waals surface area (Å²) < 4.78 is 76.7. The number of rotatable bonds is 2. The van der Waals surface area contributed by atoms with Gasteiger partial charge in [-0.1, -0.05) is 104 Å². The minimum atomic E-state index is -4.49. The molecule has 1 unspecified atom stereocenters. The first-order chi connectivity index (χ1) is 24.2. The molecule has 5 aromatic carbocycles. The fraction of sp³-hybridized carbons (Fsp3) is 0.348. The third kappa shape index (κ3) is 12.8. The first-order valence-corrected chi connectivity index (χ1v) is 18.8. The van der Waals surface area contributed by atoms with Crippen LogP contribution in [0.5, 0.6) is 0 Å². The monoisotopic (exact) mass is 876 g/mol. The maximum atomic E-state index is 12.7. The van der Waals surface area contributed by atoms with Gasteiger partial charge in [-0.05, 0) is 16.2 Å². The molecule has 5 aromatic rings. The Balaban J connectivity index is 0.000000298. The number of benzene rings is 4. The summed E-state index contributed by atoms with van der Waals surface area (Å²) in [7, 11) is 0. The van der Waals surface area contributed by atoms with Crippen LogP contribution in [0.2, 0.25) is 0 Å². The van der Waals surface area contributed by atoms with Crippen LogP contribution in [0.3, 0.4) is 0 Å². The second-order valence-corrected chi connectivity index (χ2v) is 18.1. The van der Waals surface area contributed by atoms with Gasteiger partial charge in [0.1, 0.15) is 0 Å². The molecule has 0 aromatic heterocycles. The van der Waals surface area contributed by atoms with Crippen LogP contribution in [0.25, 0.3) is 21.5 Å². The van der Waals surface area contributed by atoms with Gasteiger partial charge in [0.25, 0.3) is 0 Å². The standard InChI is InChI=1S/C21H25.C15H8F6.C10H15.2ClH.Zr/c1-20(2,3)16-7-9-18-14(12-16)11-15-13-17(21(4,5)6)8-10-19(15)18;16-14(17,18)12-5-1-3-10(8-12)7-11-4-2-6-13(9-11)15(19,20)21;1-8-5-6-9(7-8)10(2,3)4;;;/h7-13H,1-6H3;1-6,8-9H;5,7,9H,1-4H3;2*1H;/q-1;;-1;;;+2. The van der Waals surface area contributed by atoms with Crippen LogP contribution in [0.15, 0.2) is 109 Å². The molecule has 1 atom stereocenters. The fourth-order valence-corrected chi connectivity index (χ4v) is 6.67. The molecule has 9 heteroatoms. The van der Waals surface area contributed by atoms with Crippen LogP contribution in [0, 0.1) is 17.4 Å². The second-order valence-electron chi connectivity index (χ2n) is 16.8. The molecular weight excluding hydrogens is 829 g/mol. The normalized spacial score (nSPS) is 14.6. The Morgan fingerprint density at radius 2 is 0.982 bits per heavy atom. The van der Waals surface area contributed by atoms with E-state index in [-0.39, 0.29) is 46.8 Å². The zero-order valence-electron chi connectivity index (χ0n) is 33.0. The molecule has 0 radical (unpaired) electrons. The van der Waals surface area contributed by atoms with E-state index in [0.717, 1.165) is 48.5 Å². The summed E-state index contributed by atoms with van der Waals surface area (Å²) in [5, 5.41) is 5.48. The first kappa shape index (κ1) is 48.3. The van der Waals surface area contributed by atoms with E-state index in [1.165, 1.54) is 62.5 Å². The second kappa shape index (κ2) is 18.2. The first-order valence-electron chi connectivity index (χ1n) is 17.6.